The fourth-order valence-electron chi connectivity index (χ4n) is 4.07. The number of likely N-dealkylation sites (tertiary alicyclic amines) is 1. The molecule has 10 heteroatoms. The second-order valence-electron chi connectivity index (χ2n) is 8.22. The van der Waals surface area contributed by atoms with Crippen molar-refractivity contribution in [3.05, 3.63) is 65.8 Å². The van der Waals surface area contributed by atoms with E-state index in [0.29, 0.717) is 16.1 Å². The number of aromatic nitrogens is 2. The van der Waals surface area contributed by atoms with Crippen LogP contribution in [0.3, 0.4) is 0 Å². The van der Waals surface area contributed by atoms with Crippen LogP contribution in [0.5, 0.6) is 0 Å². The molecule has 0 bridgehead atoms. The average Bonchev–Trinajstić information content (AvgIpc) is 3.22. The Hall–Kier alpha value is -2.98. The Labute approximate surface area is 188 Å². The average molecular weight is 459 g/mol. The third kappa shape index (κ3) is 3.84. The van der Waals surface area contributed by atoms with Crippen LogP contribution in [0.1, 0.15) is 17.9 Å². The summed E-state index contributed by atoms with van der Waals surface area (Å²) >= 11 is 5.78. The summed E-state index contributed by atoms with van der Waals surface area (Å²) in [4.78, 5) is 4.05. The van der Waals surface area contributed by atoms with Crippen LogP contribution < -0.4 is 10.2 Å². The number of nitrogens with one attached hydrogen (secondary N) is 1. The maximum atomic E-state index is 15.0. The molecule has 1 aromatic heterocycles. The van der Waals surface area contributed by atoms with Crippen LogP contribution in [-0.4, -0.2) is 46.4 Å². The minimum absolute atomic E-state index is 0.152. The van der Waals surface area contributed by atoms with Gasteiger partial charge in [0, 0.05) is 48.4 Å². The lowest BCUT2D eigenvalue weighted by atomic mass is 9.75. The molecule has 0 unspecified atom stereocenters. The zero-order valence-electron chi connectivity index (χ0n) is 17.0. The van der Waals surface area contributed by atoms with E-state index in [2.05, 4.69) is 20.4 Å². The Morgan fingerprint density at radius 1 is 1.16 bits per heavy atom. The third-order valence-corrected chi connectivity index (χ3v) is 6.36. The molecule has 2 aromatic carbocycles. The first kappa shape index (κ1) is 20.9. The normalized spacial score (nSPS) is 16.7. The van der Waals surface area contributed by atoms with Gasteiger partial charge in [0.1, 0.15) is 5.82 Å². The Balaban J connectivity index is 1.37. The van der Waals surface area contributed by atoms with Gasteiger partial charge in [0.05, 0.1) is 6.54 Å². The van der Waals surface area contributed by atoms with E-state index in [0.717, 1.165) is 31.9 Å². The van der Waals surface area contributed by atoms with Crippen LogP contribution in [0, 0.1) is 11.2 Å². The molecule has 6 nitrogen and oxygen atoms in total. The molecule has 1 N–H and O–H groups in total. The highest BCUT2D eigenvalue weighted by molar-refractivity contribution is 7.80. The van der Waals surface area contributed by atoms with Gasteiger partial charge in [-0.3, -0.25) is 0 Å². The summed E-state index contributed by atoms with van der Waals surface area (Å²) in [6.45, 7) is 3.98. The number of hydrogen-bond acceptors (Lipinski definition) is 5. The van der Waals surface area contributed by atoms with Gasteiger partial charge >= 0.3 is 6.43 Å². The molecular formula is C22H20F3N5OS. The first-order valence-electron chi connectivity index (χ1n) is 10.2. The molecule has 2 fully saturated rings. The molecule has 1 spiro atoms. The van der Waals surface area contributed by atoms with Crippen molar-refractivity contribution in [1.29, 1.82) is 0 Å². The number of para-hydroxylation sites is 1. The van der Waals surface area contributed by atoms with E-state index in [1.807, 2.05) is 35.2 Å². The van der Waals surface area contributed by atoms with E-state index >= 15 is 0 Å². The molecule has 32 heavy (non-hydrogen) atoms. The Morgan fingerprint density at radius 2 is 1.91 bits per heavy atom. The van der Waals surface area contributed by atoms with E-state index in [1.165, 1.54) is 6.07 Å². The second kappa shape index (κ2) is 8.18. The lowest BCUT2D eigenvalue weighted by Gasteiger charge is -2.57. The van der Waals surface area contributed by atoms with Crippen molar-refractivity contribution in [1.82, 2.24) is 20.4 Å². The molecule has 2 aliphatic heterocycles. The van der Waals surface area contributed by atoms with Crippen molar-refractivity contribution in [3.63, 3.8) is 0 Å². The van der Waals surface area contributed by atoms with Crippen LogP contribution in [0.4, 0.5) is 18.9 Å². The van der Waals surface area contributed by atoms with Crippen LogP contribution in [-0.2, 0) is 6.54 Å². The zero-order chi connectivity index (χ0) is 22.3. The molecule has 0 aliphatic carbocycles. The number of anilines is 1. The minimum atomic E-state index is -2.88. The van der Waals surface area contributed by atoms with Gasteiger partial charge in [-0.25, -0.2) is 4.39 Å². The number of thiocarbonyl (C=S) groups is 1. The van der Waals surface area contributed by atoms with Crippen molar-refractivity contribution in [2.75, 3.05) is 31.1 Å². The molecule has 2 aliphatic rings. The fraction of sp³-hybridized carbons (Fsp3) is 0.318. The topological polar surface area (TPSA) is 57.4 Å². The van der Waals surface area contributed by atoms with Crippen molar-refractivity contribution in [3.8, 4) is 11.5 Å². The summed E-state index contributed by atoms with van der Waals surface area (Å²) in [5, 5.41) is 10.8. The predicted molar refractivity (Wildman–Crippen MR) is 117 cm³/mol. The maximum Gasteiger partial charge on any atom is 0.314 e. The molecule has 166 valence electrons. The van der Waals surface area contributed by atoms with Gasteiger partial charge in [-0.2, -0.15) is 8.78 Å². The Kier molecular flexibility index (Phi) is 5.34. The van der Waals surface area contributed by atoms with Crippen LogP contribution in [0.25, 0.3) is 11.5 Å². The van der Waals surface area contributed by atoms with E-state index in [9.17, 15) is 13.2 Å². The molecule has 0 atom stereocenters. The molecule has 3 aromatic rings. The molecule has 2 saturated heterocycles. The molecule has 3 heterocycles. The summed E-state index contributed by atoms with van der Waals surface area (Å²) < 4.78 is 45.3. The van der Waals surface area contributed by atoms with Crippen LogP contribution in [0.15, 0.2) is 52.9 Å². The number of hydrogen-bond donors (Lipinski definition) is 1. The second-order valence-corrected chi connectivity index (χ2v) is 8.58. The predicted octanol–water partition coefficient (Wildman–Crippen LogP) is 4.01. The van der Waals surface area contributed by atoms with Gasteiger partial charge in [-0.15, -0.1) is 10.2 Å². The maximum absolute atomic E-state index is 15.0. The highest BCUT2D eigenvalue weighted by atomic mass is 32.1. The number of nitrogens with zero attached hydrogens (tertiary/aromatic N) is 4. The summed E-state index contributed by atoms with van der Waals surface area (Å²) in [7, 11) is 0. The SMILES string of the molecule is Fc1cc(-c2nnc(C(F)F)o2)ccc1CN(C(=S)N1CC2(CNC2)C1)c1ccccc1. The molecule has 5 rings (SSSR count). The Bertz CT molecular complexity index is 1130. The number of alkyl halides is 2. The van der Waals surface area contributed by atoms with Crippen LogP contribution in [0.2, 0.25) is 0 Å². The van der Waals surface area contributed by atoms with Gasteiger partial charge in [0.15, 0.2) is 5.11 Å². The number of rotatable bonds is 5. The Morgan fingerprint density at radius 3 is 2.50 bits per heavy atom. The number of benzene rings is 2. The fourth-order valence-corrected chi connectivity index (χ4v) is 4.37. The first-order chi connectivity index (χ1) is 15.4. The zero-order valence-corrected chi connectivity index (χ0v) is 17.8. The summed E-state index contributed by atoms with van der Waals surface area (Å²) in [5.74, 6) is -1.45. The first-order valence-corrected chi connectivity index (χ1v) is 10.6. The molecule has 0 radical (unpaired) electrons. The van der Waals surface area contributed by atoms with Gasteiger partial charge < -0.3 is 19.5 Å². The summed E-state index contributed by atoms with van der Waals surface area (Å²) in [6.07, 6.45) is -2.88. The smallest absolute Gasteiger partial charge is 0.314 e. The van der Waals surface area contributed by atoms with Crippen molar-refractivity contribution < 1.29 is 17.6 Å². The molecular weight excluding hydrogens is 439 g/mol. The van der Waals surface area contributed by atoms with Gasteiger partial charge in [-0.1, -0.05) is 24.3 Å². The van der Waals surface area contributed by atoms with Crippen molar-refractivity contribution in [2.45, 2.75) is 13.0 Å². The van der Waals surface area contributed by atoms with E-state index in [1.54, 1.807) is 12.1 Å². The standard InChI is InChI=1S/C22H20F3N5OS/c23-17-8-14(19-27-28-20(31-19)18(24)25)6-7-15(17)9-30(16-4-2-1-3-5-16)21(32)29-12-22(13-29)10-26-11-22/h1-8,18,26H,9-13H2. The van der Waals surface area contributed by atoms with Gasteiger partial charge in [0.25, 0.3) is 5.89 Å². The van der Waals surface area contributed by atoms with Crippen LogP contribution >= 0.6 is 12.2 Å². The van der Waals surface area contributed by atoms with E-state index in [-0.39, 0.29) is 18.0 Å². The molecule has 0 saturated carbocycles. The van der Waals surface area contributed by atoms with E-state index in [4.69, 9.17) is 16.6 Å². The highest BCUT2D eigenvalue weighted by Gasteiger charge is 2.49. The lowest BCUT2D eigenvalue weighted by molar-refractivity contribution is 0.00757. The van der Waals surface area contributed by atoms with Gasteiger partial charge in [0.2, 0.25) is 5.89 Å². The highest BCUT2D eigenvalue weighted by Crippen LogP contribution is 2.36. The quantitative estimate of drug-likeness (QED) is 0.579. The van der Waals surface area contributed by atoms with Crippen molar-refractivity contribution >= 4 is 23.0 Å². The largest absolute Gasteiger partial charge is 0.415 e. The summed E-state index contributed by atoms with van der Waals surface area (Å²) in [5.41, 5.74) is 1.82. The van der Waals surface area contributed by atoms with Crippen molar-refractivity contribution in [2.24, 2.45) is 5.41 Å². The molecule has 0 amide bonds. The minimum Gasteiger partial charge on any atom is -0.415 e. The monoisotopic (exact) mass is 459 g/mol. The number of halogens is 3. The van der Waals surface area contributed by atoms with Gasteiger partial charge in [-0.05, 0) is 36.5 Å². The lowest BCUT2D eigenvalue weighted by Crippen LogP contribution is -2.73. The summed E-state index contributed by atoms with van der Waals surface area (Å²) in [6, 6.07) is 14.0. The van der Waals surface area contributed by atoms with E-state index < -0.39 is 18.1 Å². The third-order valence-electron chi connectivity index (χ3n) is 5.88.